The van der Waals surface area contributed by atoms with E-state index in [4.69, 9.17) is 9.47 Å². The fraction of sp³-hybridized carbons (Fsp3) is 0.350. The monoisotopic (exact) mass is 421 g/mol. The van der Waals surface area contributed by atoms with E-state index in [0.29, 0.717) is 17.2 Å². The van der Waals surface area contributed by atoms with Crippen molar-refractivity contribution in [3.63, 3.8) is 0 Å². The first-order valence-electron chi connectivity index (χ1n) is 8.96. The summed E-state index contributed by atoms with van der Waals surface area (Å²) in [6.07, 6.45) is 0. The molecule has 8 nitrogen and oxygen atoms in total. The zero-order chi connectivity index (χ0) is 21.6. The van der Waals surface area contributed by atoms with E-state index in [1.165, 1.54) is 26.2 Å². The van der Waals surface area contributed by atoms with Gasteiger partial charge in [0.15, 0.2) is 0 Å². The Morgan fingerprint density at radius 2 is 1.83 bits per heavy atom. The number of carbonyl (C=O) groups excluding carboxylic acids is 1. The van der Waals surface area contributed by atoms with Crippen LogP contribution in [0.4, 0.5) is 5.69 Å². The third-order valence-electron chi connectivity index (χ3n) is 4.37. The van der Waals surface area contributed by atoms with Gasteiger partial charge in [0.1, 0.15) is 11.5 Å². The molecule has 2 N–H and O–H groups in total. The maximum atomic E-state index is 12.3. The maximum Gasteiger partial charge on any atom is 0.242 e. The van der Waals surface area contributed by atoms with Crippen LogP contribution in [0.3, 0.4) is 0 Å². The summed E-state index contributed by atoms with van der Waals surface area (Å²) in [5, 5.41) is 5.84. The first kappa shape index (κ1) is 22.7. The Hall–Kier alpha value is -2.62. The smallest absolute Gasteiger partial charge is 0.242 e. The molecule has 0 radical (unpaired) electrons. The van der Waals surface area contributed by atoms with E-state index in [1.54, 1.807) is 32.4 Å². The highest BCUT2D eigenvalue weighted by Gasteiger charge is 2.18. The number of nitrogens with one attached hydrogen (secondary N) is 2. The number of nitrogens with zero attached hydrogens (tertiary/aromatic N) is 1. The fourth-order valence-corrected chi connectivity index (χ4v) is 3.63. The molecule has 1 amide bonds. The zero-order valence-corrected chi connectivity index (χ0v) is 18.0. The summed E-state index contributed by atoms with van der Waals surface area (Å²) in [5.41, 5.74) is 1.27. The summed E-state index contributed by atoms with van der Waals surface area (Å²) in [6, 6.07) is 11.4. The fourth-order valence-electron chi connectivity index (χ4n) is 2.68. The normalized spacial score (nSPS) is 12.5. The molecule has 0 aliphatic heterocycles. The number of ether oxygens (including phenoxy) is 2. The number of sulfonamides is 1. The van der Waals surface area contributed by atoms with E-state index in [-0.39, 0.29) is 23.4 Å². The molecule has 0 spiro atoms. The lowest BCUT2D eigenvalue weighted by Gasteiger charge is -2.18. The van der Waals surface area contributed by atoms with Crippen molar-refractivity contribution in [2.75, 3.05) is 40.2 Å². The highest BCUT2D eigenvalue weighted by Crippen LogP contribution is 2.29. The van der Waals surface area contributed by atoms with Crippen LogP contribution in [0.25, 0.3) is 0 Å². The Bertz CT molecular complexity index is 960. The third kappa shape index (κ3) is 5.69. The maximum absolute atomic E-state index is 12.3. The van der Waals surface area contributed by atoms with Crippen molar-refractivity contribution in [1.29, 1.82) is 0 Å². The van der Waals surface area contributed by atoms with E-state index in [0.717, 1.165) is 9.87 Å². The Morgan fingerprint density at radius 1 is 1.10 bits per heavy atom. The minimum Gasteiger partial charge on any atom is -0.497 e. The summed E-state index contributed by atoms with van der Waals surface area (Å²) in [7, 11) is 2.51. The van der Waals surface area contributed by atoms with Crippen molar-refractivity contribution < 1.29 is 22.7 Å². The highest BCUT2D eigenvalue weighted by molar-refractivity contribution is 7.89. The van der Waals surface area contributed by atoms with Crippen LogP contribution < -0.4 is 20.1 Å². The van der Waals surface area contributed by atoms with Crippen molar-refractivity contribution in [2.24, 2.45) is 0 Å². The first-order valence-corrected chi connectivity index (χ1v) is 10.4. The number of benzene rings is 2. The van der Waals surface area contributed by atoms with Crippen LogP contribution in [-0.4, -0.2) is 53.5 Å². The average molecular weight is 422 g/mol. The van der Waals surface area contributed by atoms with Gasteiger partial charge in [0.25, 0.3) is 0 Å². The molecule has 0 fully saturated rings. The number of hydrogen-bond acceptors (Lipinski definition) is 6. The van der Waals surface area contributed by atoms with Crippen LogP contribution >= 0.6 is 0 Å². The summed E-state index contributed by atoms with van der Waals surface area (Å²) in [4.78, 5) is 12.4. The van der Waals surface area contributed by atoms with Crippen molar-refractivity contribution in [1.82, 2.24) is 9.62 Å². The van der Waals surface area contributed by atoms with E-state index in [9.17, 15) is 13.2 Å². The molecule has 2 aromatic rings. The van der Waals surface area contributed by atoms with Gasteiger partial charge in [-0.2, -0.15) is 0 Å². The molecule has 0 saturated heterocycles. The van der Waals surface area contributed by atoms with Crippen LogP contribution in [0.2, 0.25) is 0 Å². The van der Waals surface area contributed by atoms with Crippen LogP contribution in [-0.2, 0) is 14.8 Å². The van der Waals surface area contributed by atoms with Crippen LogP contribution in [0.5, 0.6) is 11.5 Å². The summed E-state index contributed by atoms with van der Waals surface area (Å²) in [6.45, 7) is 1.95. The number of amides is 1. The molecule has 9 heteroatoms. The lowest BCUT2D eigenvalue weighted by Crippen LogP contribution is -2.30. The quantitative estimate of drug-likeness (QED) is 0.645. The molecular weight excluding hydrogens is 394 g/mol. The van der Waals surface area contributed by atoms with E-state index < -0.39 is 10.0 Å². The van der Waals surface area contributed by atoms with Crippen molar-refractivity contribution in [2.45, 2.75) is 17.9 Å². The number of anilines is 1. The molecule has 2 aromatic carbocycles. The van der Waals surface area contributed by atoms with Gasteiger partial charge in [-0.25, -0.2) is 12.7 Å². The predicted octanol–water partition coefficient (Wildman–Crippen LogP) is 2.24. The minimum atomic E-state index is -3.57. The van der Waals surface area contributed by atoms with E-state index >= 15 is 0 Å². The molecule has 0 unspecified atom stereocenters. The molecular formula is C20H27N3O5S. The van der Waals surface area contributed by atoms with Gasteiger partial charge in [-0.1, -0.05) is 6.07 Å². The molecule has 1 atom stereocenters. The molecule has 0 saturated carbocycles. The molecule has 0 heterocycles. The van der Waals surface area contributed by atoms with Crippen molar-refractivity contribution >= 4 is 21.6 Å². The Morgan fingerprint density at radius 3 is 2.45 bits per heavy atom. The van der Waals surface area contributed by atoms with E-state index in [1.807, 2.05) is 19.1 Å². The second-order valence-corrected chi connectivity index (χ2v) is 8.73. The molecule has 2 rings (SSSR count). The summed E-state index contributed by atoms with van der Waals surface area (Å²) >= 11 is 0. The third-order valence-corrected chi connectivity index (χ3v) is 6.18. The molecule has 158 valence electrons. The number of carbonyl (C=O) groups is 1. The zero-order valence-electron chi connectivity index (χ0n) is 17.2. The average Bonchev–Trinajstić information content (AvgIpc) is 2.71. The van der Waals surface area contributed by atoms with Crippen LogP contribution in [0.1, 0.15) is 18.5 Å². The summed E-state index contributed by atoms with van der Waals surface area (Å²) in [5.74, 6) is 1.09. The minimum absolute atomic E-state index is 0.0339. The van der Waals surface area contributed by atoms with Crippen molar-refractivity contribution in [3.05, 3.63) is 48.0 Å². The SMILES string of the molecule is COc1ccc(OC)c([C@H](C)NCC(=O)Nc2cccc(S(=O)(=O)N(C)C)c2)c1. The number of methoxy groups -OCH3 is 2. The summed E-state index contributed by atoms with van der Waals surface area (Å²) < 4.78 is 36.2. The molecule has 29 heavy (non-hydrogen) atoms. The van der Waals surface area contributed by atoms with Gasteiger partial charge in [-0.05, 0) is 43.3 Å². The topological polar surface area (TPSA) is 97.0 Å². The van der Waals surface area contributed by atoms with Gasteiger partial charge in [0.2, 0.25) is 15.9 Å². The molecule has 0 bridgehead atoms. The van der Waals surface area contributed by atoms with Gasteiger partial charge >= 0.3 is 0 Å². The highest BCUT2D eigenvalue weighted by atomic mass is 32.2. The van der Waals surface area contributed by atoms with Gasteiger partial charge in [-0.3, -0.25) is 4.79 Å². The van der Waals surface area contributed by atoms with Gasteiger partial charge < -0.3 is 20.1 Å². The standard InChI is InChI=1S/C20H27N3O5S/c1-14(18-12-16(27-4)9-10-19(18)28-5)21-13-20(24)22-15-7-6-8-17(11-15)29(25,26)23(2)3/h6-12,14,21H,13H2,1-5H3,(H,22,24)/t14-/m0/s1. The Kier molecular flexibility index (Phi) is 7.60. The number of rotatable bonds is 9. The largest absolute Gasteiger partial charge is 0.497 e. The molecule has 0 aliphatic rings. The van der Waals surface area contributed by atoms with Crippen LogP contribution in [0.15, 0.2) is 47.4 Å². The number of hydrogen-bond donors (Lipinski definition) is 2. The van der Waals surface area contributed by atoms with Gasteiger partial charge in [-0.15, -0.1) is 0 Å². The van der Waals surface area contributed by atoms with Crippen molar-refractivity contribution in [3.8, 4) is 11.5 Å². The lowest BCUT2D eigenvalue weighted by molar-refractivity contribution is -0.115. The van der Waals surface area contributed by atoms with Crippen LogP contribution in [0, 0.1) is 0 Å². The predicted molar refractivity (Wildman–Crippen MR) is 112 cm³/mol. The molecule has 0 aromatic heterocycles. The second-order valence-electron chi connectivity index (χ2n) is 6.57. The van der Waals surface area contributed by atoms with Gasteiger partial charge in [0, 0.05) is 31.4 Å². The van der Waals surface area contributed by atoms with E-state index in [2.05, 4.69) is 10.6 Å². The Balaban J connectivity index is 2.04. The lowest BCUT2D eigenvalue weighted by atomic mass is 10.1. The first-order chi connectivity index (χ1) is 13.7. The van der Waals surface area contributed by atoms with Gasteiger partial charge in [0.05, 0.1) is 25.7 Å². The second kappa shape index (κ2) is 9.73. The Labute approximate surface area is 171 Å². The molecule has 0 aliphatic carbocycles.